The van der Waals surface area contributed by atoms with Crippen molar-refractivity contribution in [2.45, 2.75) is 59.9 Å². The standard InChI is InChI=1S/C16H34N2/c1-7-10-17-11-15(6)13-18(12-14(4)5)16(8-2)9-3/h14,16-17H,6-13H2,1-5H3. The molecule has 0 unspecified atom stereocenters. The fraction of sp³-hybridized carbons (Fsp3) is 0.875. The minimum atomic E-state index is 0.704. The van der Waals surface area contributed by atoms with Crippen LogP contribution in [0.15, 0.2) is 12.2 Å². The Morgan fingerprint density at radius 3 is 2.22 bits per heavy atom. The van der Waals surface area contributed by atoms with Gasteiger partial charge < -0.3 is 5.32 Å². The summed E-state index contributed by atoms with van der Waals surface area (Å²) in [5, 5.41) is 3.44. The molecular weight excluding hydrogens is 220 g/mol. The van der Waals surface area contributed by atoms with E-state index in [0.717, 1.165) is 25.6 Å². The molecule has 0 radical (unpaired) electrons. The normalized spacial score (nSPS) is 11.8. The lowest BCUT2D eigenvalue weighted by molar-refractivity contribution is 0.179. The van der Waals surface area contributed by atoms with Crippen LogP contribution in [0.2, 0.25) is 0 Å². The van der Waals surface area contributed by atoms with Gasteiger partial charge in [0.15, 0.2) is 0 Å². The van der Waals surface area contributed by atoms with Gasteiger partial charge in [-0.05, 0) is 37.3 Å². The molecule has 0 heterocycles. The smallest absolute Gasteiger partial charge is 0.0205 e. The van der Waals surface area contributed by atoms with Crippen LogP contribution in [0.25, 0.3) is 0 Å². The Labute approximate surface area is 115 Å². The van der Waals surface area contributed by atoms with Crippen molar-refractivity contribution in [3.8, 4) is 0 Å². The maximum atomic E-state index is 4.22. The maximum absolute atomic E-state index is 4.22. The Morgan fingerprint density at radius 2 is 1.78 bits per heavy atom. The van der Waals surface area contributed by atoms with Crippen molar-refractivity contribution >= 4 is 0 Å². The van der Waals surface area contributed by atoms with E-state index >= 15 is 0 Å². The molecule has 108 valence electrons. The van der Waals surface area contributed by atoms with Gasteiger partial charge in [0.25, 0.3) is 0 Å². The second kappa shape index (κ2) is 10.6. The van der Waals surface area contributed by atoms with Gasteiger partial charge in [0, 0.05) is 25.7 Å². The van der Waals surface area contributed by atoms with Crippen molar-refractivity contribution in [1.29, 1.82) is 0 Å². The fourth-order valence-corrected chi connectivity index (χ4v) is 2.40. The van der Waals surface area contributed by atoms with Gasteiger partial charge in [-0.15, -0.1) is 0 Å². The molecule has 0 aliphatic heterocycles. The minimum absolute atomic E-state index is 0.704. The van der Waals surface area contributed by atoms with Crippen molar-refractivity contribution in [2.75, 3.05) is 26.2 Å². The summed E-state index contributed by atoms with van der Waals surface area (Å²) in [6, 6.07) is 0.704. The first-order valence-electron chi connectivity index (χ1n) is 7.66. The van der Waals surface area contributed by atoms with Crippen LogP contribution in [0.3, 0.4) is 0 Å². The Balaban J connectivity index is 4.25. The quantitative estimate of drug-likeness (QED) is 0.447. The van der Waals surface area contributed by atoms with E-state index in [0.29, 0.717) is 6.04 Å². The highest BCUT2D eigenvalue weighted by Crippen LogP contribution is 2.13. The summed E-state index contributed by atoms with van der Waals surface area (Å²) in [4.78, 5) is 2.61. The van der Waals surface area contributed by atoms with E-state index < -0.39 is 0 Å². The molecule has 2 nitrogen and oxygen atoms in total. The van der Waals surface area contributed by atoms with E-state index in [1.807, 2.05) is 0 Å². The van der Waals surface area contributed by atoms with Gasteiger partial charge >= 0.3 is 0 Å². The van der Waals surface area contributed by atoms with Crippen LogP contribution in [0.5, 0.6) is 0 Å². The summed E-state index contributed by atoms with van der Waals surface area (Å²) in [6.45, 7) is 19.9. The summed E-state index contributed by atoms with van der Waals surface area (Å²) in [5.41, 5.74) is 1.32. The molecule has 0 aliphatic carbocycles. The van der Waals surface area contributed by atoms with Crippen LogP contribution in [-0.2, 0) is 0 Å². The van der Waals surface area contributed by atoms with E-state index in [2.05, 4.69) is 51.4 Å². The predicted molar refractivity (Wildman–Crippen MR) is 83.1 cm³/mol. The zero-order valence-corrected chi connectivity index (χ0v) is 13.3. The number of nitrogens with zero attached hydrogens (tertiary/aromatic N) is 1. The molecular formula is C16H34N2. The molecule has 0 fully saturated rings. The Morgan fingerprint density at radius 1 is 1.17 bits per heavy atom. The van der Waals surface area contributed by atoms with Crippen molar-refractivity contribution in [1.82, 2.24) is 10.2 Å². The van der Waals surface area contributed by atoms with Crippen LogP contribution < -0.4 is 5.32 Å². The molecule has 0 atom stereocenters. The van der Waals surface area contributed by atoms with Crippen LogP contribution in [0.1, 0.15) is 53.9 Å². The van der Waals surface area contributed by atoms with E-state index in [4.69, 9.17) is 0 Å². The Hall–Kier alpha value is -0.340. The topological polar surface area (TPSA) is 15.3 Å². The molecule has 1 N–H and O–H groups in total. The second-order valence-electron chi connectivity index (χ2n) is 5.72. The van der Waals surface area contributed by atoms with Gasteiger partial charge in [-0.2, -0.15) is 0 Å². The highest BCUT2D eigenvalue weighted by atomic mass is 15.2. The monoisotopic (exact) mass is 254 g/mol. The number of hydrogen-bond donors (Lipinski definition) is 1. The van der Waals surface area contributed by atoms with Crippen LogP contribution in [0.4, 0.5) is 0 Å². The lowest BCUT2D eigenvalue weighted by Gasteiger charge is -2.32. The Kier molecular flexibility index (Phi) is 10.4. The van der Waals surface area contributed by atoms with Crippen molar-refractivity contribution in [3.05, 3.63) is 12.2 Å². The third-order valence-electron chi connectivity index (χ3n) is 3.29. The SMILES string of the molecule is C=C(CNCCC)CN(CC(C)C)C(CC)CC. The molecule has 0 rings (SSSR count). The van der Waals surface area contributed by atoms with Gasteiger partial charge in [-0.3, -0.25) is 4.90 Å². The second-order valence-corrected chi connectivity index (χ2v) is 5.72. The third-order valence-corrected chi connectivity index (χ3v) is 3.29. The lowest BCUT2D eigenvalue weighted by Crippen LogP contribution is -2.39. The molecule has 0 saturated heterocycles. The number of hydrogen-bond acceptors (Lipinski definition) is 2. The van der Waals surface area contributed by atoms with Gasteiger partial charge in [0.2, 0.25) is 0 Å². The largest absolute Gasteiger partial charge is 0.313 e. The van der Waals surface area contributed by atoms with Gasteiger partial charge in [0.05, 0.1) is 0 Å². The summed E-state index contributed by atoms with van der Waals surface area (Å²) < 4.78 is 0. The maximum Gasteiger partial charge on any atom is 0.0205 e. The first-order chi connectivity index (χ1) is 8.54. The molecule has 2 heteroatoms. The summed E-state index contributed by atoms with van der Waals surface area (Å²) in [7, 11) is 0. The van der Waals surface area contributed by atoms with E-state index in [-0.39, 0.29) is 0 Å². The van der Waals surface area contributed by atoms with E-state index in [9.17, 15) is 0 Å². The lowest BCUT2D eigenvalue weighted by atomic mass is 10.1. The molecule has 0 aromatic heterocycles. The van der Waals surface area contributed by atoms with E-state index in [1.54, 1.807) is 0 Å². The molecule has 0 aromatic rings. The molecule has 0 aromatic carbocycles. The van der Waals surface area contributed by atoms with E-state index in [1.165, 1.54) is 31.4 Å². The van der Waals surface area contributed by atoms with Crippen LogP contribution in [0, 0.1) is 5.92 Å². The van der Waals surface area contributed by atoms with Gasteiger partial charge in [-0.25, -0.2) is 0 Å². The highest BCUT2D eigenvalue weighted by molar-refractivity contribution is 5.00. The summed E-state index contributed by atoms with van der Waals surface area (Å²) >= 11 is 0. The van der Waals surface area contributed by atoms with Crippen molar-refractivity contribution in [2.24, 2.45) is 5.92 Å². The van der Waals surface area contributed by atoms with Crippen molar-refractivity contribution < 1.29 is 0 Å². The first-order valence-corrected chi connectivity index (χ1v) is 7.66. The van der Waals surface area contributed by atoms with Gasteiger partial charge in [-0.1, -0.05) is 41.2 Å². The summed E-state index contributed by atoms with van der Waals surface area (Å²) in [5.74, 6) is 0.724. The Bertz CT molecular complexity index is 207. The number of nitrogens with one attached hydrogen (secondary N) is 1. The van der Waals surface area contributed by atoms with Crippen molar-refractivity contribution in [3.63, 3.8) is 0 Å². The molecule has 0 amide bonds. The molecule has 0 spiro atoms. The molecule has 0 bridgehead atoms. The zero-order valence-electron chi connectivity index (χ0n) is 13.3. The highest BCUT2D eigenvalue weighted by Gasteiger charge is 2.16. The van der Waals surface area contributed by atoms with Crippen LogP contribution >= 0.6 is 0 Å². The summed E-state index contributed by atoms with van der Waals surface area (Å²) in [6.07, 6.45) is 3.66. The average Bonchev–Trinajstić information content (AvgIpc) is 2.30. The fourth-order valence-electron chi connectivity index (χ4n) is 2.40. The minimum Gasteiger partial charge on any atom is -0.313 e. The molecule has 18 heavy (non-hydrogen) atoms. The third kappa shape index (κ3) is 7.88. The number of rotatable bonds is 11. The molecule has 0 aliphatic rings. The average molecular weight is 254 g/mol. The van der Waals surface area contributed by atoms with Gasteiger partial charge in [0.1, 0.15) is 0 Å². The molecule has 0 saturated carbocycles. The first kappa shape index (κ1) is 17.7. The zero-order chi connectivity index (χ0) is 14.0. The van der Waals surface area contributed by atoms with Crippen LogP contribution in [-0.4, -0.2) is 37.1 Å². The predicted octanol–water partition coefficient (Wildman–Crippen LogP) is 3.69.